The third kappa shape index (κ3) is 3.59. The summed E-state index contributed by atoms with van der Waals surface area (Å²) in [5.41, 5.74) is 3.01. The summed E-state index contributed by atoms with van der Waals surface area (Å²) in [5, 5.41) is 30.0. The van der Waals surface area contributed by atoms with Crippen molar-refractivity contribution in [2.75, 3.05) is 0 Å². The summed E-state index contributed by atoms with van der Waals surface area (Å²) < 4.78 is 5.08. The number of aliphatic hydroxyl groups excluding tert-OH is 3. The summed E-state index contributed by atoms with van der Waals surface area (Å²) in [7, 11) is 0. The van der Waals surface area contributed by atoms with Crippen molar-refractivity contribution < 1.29 is 24.9 Å². The van der Waals surface area contributed by atoms with Crippen molar-refractivity contribution in [2.45, 2.75) is 30.8 Å². The molecule has 0 bridgehead atoms. The van der Waals surface area contributed by atoms with Gasteiger partial charge in [-0.2, -0.15) is 0 Å². The van der Waals surface area contributed by atoms with Crippen LogP contribution in [-0.2, 0) is 16.0 Å². The number of ether oxygens (including phenoxy) is 1. The number of benzene rings is 2. The molecule has 0 spiro atoms. The molecule has 0 unspecified atom stereocenters. The van der Waals surface area contributed by atoms with Crippen molar-refractivity contribution in [2.24, 2.45) is 0 Å². The van der Waals surface area contributed by atoms with Gasteiger partial charge in [-0.05, 0) is 41.3 Å². The number of carbonyl (C=O) groups excluding carboxylic acids is 1. The van der Waals surface area contributed by atoms with Gasteiger partial charge in [-0.1, -0.05) is 41.8 Å². The van der Waals surface area contributed by atoms with Crippen molar-refractivity contribution in [3.05, 3.63) is 69.7 Å². The Morgan fingerprint density at radius 1 is 1.08 bits per heavy atom. The van der Waals surface area contributed by atoms with Gasteiger partial charge in [0.2, 0.25) is 0 Å². The minimum Gasteiger partial charge on any atom is -0.453 e. The van der Waals surface area contributed by atoms with Gasteiger partial charge in [0.25, 0.3) is 0 Å². The number of terminal acetylenes is 1. The molecule has 26 heavy (non-hydrogen) atoms. The Labute approximate surface area is 155 Å². The molecule has 134 valence electrons. The van der Waals surface area contributed by atoms with Crippen LogP contribution >= 0.6 is 11.6 Å². The number of esters is 1. The van der Waals surface area contributed by atoms with Crippen molar-refractivity contribution in [1.29, 1.82) is 0 Å². The highest BCUT2D eigenvalue weighted by atomic mass is 35.5. The van der Waals surface area contributed by atoms with E-state index in [9.17, 15) is 20.1 Å². The summed E-state index contributed by atoms with van der Waals surface area (Å²) in [6.45, 7) is 0. The predicted molar refractivity (Wildman–Crippen MR) is 95.5 cm³/mol. The van der Waals surface area contributed by atoms with Gasteiger partial charge in [-0.3, -0.25) is 0 Å². The highest BCUT2D eigenvalue weighted by Gasteiger charge is 2.44. The van der Waals surface area contributed by atoms with E-state index in [2.05, 4.69) is 5.92 Å². The first-order valence-corrected chi connectivity index (χ1v) is 8.37. The molecule has 1 fully saturated rings. The molecular formula is C20H17ClO5. The topological polar surface area (TPSA) is 87.0 Å². The molecule has 2 aromatic carbocycles. The lowest BCUT2D eigenvalue weighted by atomic mass is 9.92. The van der Waals surface area contributed by atoms with Crippen LogP contribution < -0.4 is 0 Å². The molecule has 4 atom stereocenters. The normalized spacial score (nSPS) is 25.4. The van der Waals surface area contributed by atoms with Crippen LogP contribution in [0.25, 0.3) is 0 Å². The quantitative estimate of drug-likeness (QED) is 0.562. The van der Waals surface area contributed by atoms with Crippen molar-refractivity contribution >= 4 is 17.6 Å². The van der Waals surface area contributed by atoms with Crippen molar-refractivity contribution in [3.63, 3.8) is 0 Å². The van der Waals surface area contributed by atoms with E-state index in [4.69, 9.17) is 22.8 Å². The maximum absolute atomic E-state index is 11.7. The van der Waals surface area contributed by atoms with Crippen molar-refractivity contribution in [3.8, 4) is 12.3 Å². The molecule has 0 saturated carbocycles. The fourth-order valence-corrected chi connectivity index (χ4v) is 3.07. The average molecular weight is 373 g/mol. The number of hydrogen-bond acceptors (Lipinski definition) is 5. The Morgan fingerprint density at radius 3 is 2.42 bits per heavy atom. The number of halogens is 1. The smallest absolute Gasteiger partial charge is 0.338 e. The van der Waals surface area contributed by atoms with E-state index in [0.29, 0.717) is 17.0 Å². The van der Waals surface area contributed by atoms with E-state index >= 15 is 0 Å². The minimum atomic E-state index is -1.76. The Kier molecular flexibility index (Phi) is 5.30. The van der Waals surface area contributed by atoms with Gasteiger partial charge in [-0.25, -0.2) is 4.79 Å². The molecule has 5 nitrogen and oxygen atoms in total. The standard InChI is InChI=1S/C20H17ClO5/c1-2-11-3-5-12(6-4-11)9-14-10-13(7-8-15(14)21)19-17(23)16(22)18(24)20(25)26-19/h1,3-8,10,16-19,22-24H,9H2/t16-,17-,18+,19+/m1/s1. The van der Waals surface area contributed by atoms with Crippen LogP contribution in [0.15, 0.2) is 42.5 Å². The largest absolute Gasteiger partial charge is 0.453 e. The van der Waals surface area contributed by atoms with Crippen LogP contribution in [0.3, 0.4) is 0 Å². The van der Waals surface area contributed by atoms with Crippen LogP contribution in [0.4, 0.5) is 0 Å². The molecular weight excluding hydrogens is 356 g/mol. The van der Waals surface area contributed by atoms with Gasteiger partial charge in [-0.15, -0.1) is 6.42 Å². The zero-order valence-electron chi connectivity index (χ0n) is 13.7. The number of cyclic esters (lactones) is 1. The zero-order chi connectivity index (χ0) is 18.8. The first-order valence-electron chi connectivity index (χ1n) is 7.99. The average Bonchev–Trinajstić information content (AvgIpc) is 2.65. The lowest BCUT2D eigenvalue weighted by molar-refractivity contribution is -0.203. The summed E-state index contributed by atoms with van der Waals surface area (Å²) in [4.78, 5) is 11.7. The van der Waals surface area contributed by atoms with Crippen molar-refractivity contribution in [1.82, 2.24) is 0 Å². The summed E-state index contributed by atoms with van der Waals surface area (Å²) in [6.07, 6.45) is -0.0334. The van der Waals surface area contributed by atoms with Gasteiger partial charge in [0.15, 0.2) is 12.2 Å². The molecule has 6 heteroatoms. The molecule has 2 aromatic rings. The Morgan fingerprint density at radius 2 is 1.77 bits per heavy atom. The lowest BCUT2D eigenvalue weighted by Crippen LogP contribution is -2.51. The Bertz CT molecular complexity index is 855. The van der Waals surface area contributed by atoms with E-state index < -0.39 is 30.4 Å². The third-order valence-corrected chi connectivity index (χ3v) is 4.75. The van der Waals surface area contributed by atoms with Crippen LogP contribution in [0, 0.1) is 12.3 Å². The van der Waals surface area contributed by atoms with Gasteiger partial charge < -0.3 is 20.1 Å². The molecule has 1 heterocycles. The van der Waals surface area contributed by atoms with Gasteiger partial charge in [0.1, 0.15) is 12.2 Å². The first-order chi connectivity index (χ1) is 12.4. The second-order valence-corrected chi connectivity index (χ2v) is 6.56. The van der Waals surface area contributed by atoms with E-state index in [1.54, 1.807) is 18.2 Å². The van der Waals surface area contributed by atoms with E-state index in [-0.39, 0.29) is 0 Å². The summed E-state index contributed by atoms with van der Waals surface area (Å²) in [6, 6.07) is 12.4. The minimum absolute atomic E-state index is 0.483. The molecule has 1 saturated heterocycles. The monoisotopic (exact) mass is 372 g/mol. The van der Waals surface area contributed by atoms with Gasteiger partial charge in [0.05, 0.1) is 0 Å². The maximum Gasteiger partial charge on any atom is 0.338 e. The second-order valence-electron chi connectivity index (χ2n) is 6.15. The molecule has 0 amide bonds. The lowest BCUT2D eigenvalue weighted by Gasteiger charge is -2.34. The molecule has 3 rings (SSSR count). The molecule has 0 aromatic heterocycles. The zero-order valence-corrected chi connectivity index (χ0v) is 14.4. The van der Waals surface area contributed by atoms with E-state index in [0.717, 1.165) is 16.7 Å². The highest BCUT2D eigenvalue weighted by molar-refractivity contribution is 6.31. The van der Waals surface area contributed by atoms with Gasteiger partial charge >= 0.3 is 5.97 Å². The molecule has 0 radical (unpaired) electrons. The van der Waals surface area contributed by atoms with Crippen LogP contribution in [0.5, 0.6) is 0 Å². The maximum atomic E-state index is 11.7. The Hall–Kier alpha value is -2.36. The van der Waals surface area contributed by atoms with E-state index in [1.807, 2.05) is 24.3 Å². The fourth-order valence-electron chi connectivity index (χ4n) is 2.88. The molecule has 1 aliphatic heterocycles. The Balaban J connectivity index is 1.87. The molecule has 1 aliphatic rings. The SMILES string of the molecule is C#Cc1ccc(Cc2cc([C@@H]3OC(=O)[C@@H](O)[C@H](O)[C@H]3O)ccc2Cl)cc1. The van der Waals surface area contributed by atoms with Crippen LogP contribution in [-0.4, -0.2) is 39.6 Å². The first kappa shape index (κ1) is 18.4. The highest BCUT2D eigenvalue weighted by Crippen LogP contribution is 2.32. The van der Waals surface area contributed by atoms with Gasteiger partial charge in [0, 0.05) is 10.6 Å². The number of hydrogen-bond donors (Lipinski definition) is 3. The molecule has 0 aliphatic carbocycles. The number of carbonyl (C=O) groups is 1. The number of aliphatic hydroxyl groups is 3. The third-order valence-electron chi connectivity index (χ3n) is 4.38. The molecule has 3 N–H and O–H groups in total. The fraction of sp³-hybridized carbons (Fsp3) is 0.250. The second kappa shape index (κ2) is 7.48. The van der Waals surface area contributed by atoms with Crippen LogP contribution in [0.2, 0.25) is 5.02 Å². The summed E-state index contributed by atoms with van der Waals surface area (Å²) in [5.74, 6) is 1.57. The van der Waals surface area contributed by atoms with Crippen LogP contribution in [0.1, 0.15) is 28.4 Å². The number of rotatable bonds is 3. The predicted octanol–water partition coefficient (Wildman–Crippen LogP) is 1.59. The van der Waals surface area contributed by atoms with E-state index in [1.165, 1.54) is 0 Å². The summed E-state index contributed by atoms with van der Waals surface area (Å²) >= 11 is 6.27.